The standard InChI is InChI=1S/C18H14N8O2/c27-18(14-9-21-26(23-14)13-5-2-1-3-6-13)25-10-12(11-25)17-22-16(24-28-17)15-19-7-4-8-20-15/h1-9,12H,10-11H2. The molecule has 1 fully saturated rings. The van der Waals surface area contributed by atoms with Crippen LogP contribution in [0, 0.1) is 0 Å². The van der Waals surface area contributed by atoms with Crippen molar-refractivity contribution < 1.29 is 9.32 Å². The van der Waals surface area contributed by atoms with E-state index in [9.17, 15) is 4.79 Å². The highest BCUT2D eigenvalue weighted by Crippen LogP contribution is 2.28. The van der Waals surface area contributed by atoms with E-state index in [0.29, 0.717) is 36.3 Å². The molecule has 1 amide bonds. The van der Waals surface area contributed by atoms with E-state index in [1.807, 2.05) is 30.3 Å². The molecule has 1 saturated heterocycles. The highest BCUT2D eigenvalue weighted by Gasteiger charge is 2.37. The number of hydrogen-bond acceptors (Lipinski definition) is 8. The first-order valence-corrected chi connectivity index (χ1v) is 8.66. The van der Waals surface area contributed by atoms with Crippen LogP contribution in [0.3, 0.4) is 0 Å². The van der Waals surface area contributed by atoms with Crippen molar-refractivity contribution in [3.05, 3.63) is 66.6 Å². The van der Waals surface area contributed by atoms with Gasteiger partial charge in [0.25, 0.3) is 5.91 Å². The first-order chi connectivity index (χ1) is 13.8. The summed E-state index contributed by atoms with van der Waals surface area (Å²) in [6, 6.07) is 11.1. The Kier molecular flexibility index (Phi) is 3.86. The van der Waals surface area contributed by atoms with Gasteiger partial charge in [-0.05, 0) is 18.2 Å². The Labute approximate surface area is 158 Å². The lowest BCUT2D eigenvalue weighted by atomic mass is 10.00. The average molecular weight is 374 g/mol. The van der Waals surface area contributed by atoms with Crippen LogP contribution in [-0.2, 0) is 0 Å². The van der Waals surface area contributed by atoms with Gasteiger partial charge in [-0.25, -0.2) is 9.97 Å². The summed E-state index contributed by atoms with van der Waals surface area (Å²) in [6.07, 6.45) is 4.70. The minimum atomic E-state index is -0.176. The van der Waals surface area contributed by atoms with E-state index in [2.05, 4.69) is 30.3 Å². The van der Waals surface area contributed by atoms with Crippen molar-refractivity contribution in [2.24, 2.45) is 0 Å². The lowest BCUT2D eigenvalue weighted by molar-refractivity contribution is 0.0562. The van der Waals surface area contributed by atoms with Crippen LogP contribution in [0.4, 0.5) is 0 Å². The van der Waals surface area contributed by atoms with E-state index in [-0.39, 0.29) is 11.8 Å². The molecule has 5 rings (SSSR count). The van der Waals surface area contributed by atoms with Crippen molar-refractivity contribution in [1.29, 1.82) is 0 Å². The number of carbonyl (C=O) groups excluding carboxylic acids is 1. The first-order valence-electron chi connectivity index (χ1n) is 8.66. The highest BCUT2D eigenvalue weighted by atomic mass is 16.5. The molecular formula is C18H14N8O2. The molecule has 0 spiro atoms. The Bertz CT molecular complexity index is 1100. The number of carbonyl (C=O) groups is 1. The molecule has 0 atom stereocenters. The van der Waals surface area contributed by atoms with Gasteiger partial charge in [-0.15, -0.1) is 5.10 Å². The Balaban J connectivity index is 1.24. The third-order valence-corrected chi connectivity index (χ3v) is 4.42. The number of nitrogens with zero attached hydrogens (tertiary/aromatic N) is 8. The maximum absolute atomic E-state index is 12.6. The summed E-state index contributed by atoms with van der Waals surface area (Å²) >= 11 is 0. The van der Waals surface area contributed by atoms with Gasteiger partial charge in [-0.1, -0.05) is 23.4 Å². The number of benzene rings is 1. The van der Waals surface area contributed by atoms with Crippen molar-refractivity contribution in [3.63, 3.8) is 0 Å². The molecule has 28 heavy (non-hydrogen) atoms. The van der Waals surface area contributed by atoms with Gasteiger partial charge >= 0.3 is 0 Å². The van der Waals surface area contributed by atoms with Gasteiger partial charge in [0, 0.05) is 25.5 Å². The number of hydrogen-bond donors (Lipinski definition) is 0. The van der Waals surface area contributed by atoms with Gasteiger partial charge in [-0.2, -0.15) is 14.9 Å². The van der Waals surface area contributed by atoms with Crippen LogP contribution in [0.15, 0.2) is 59.5 Å². The van der Waals surface area contributed by atoms with Crippen LogP contribution in [0.1, 0.15) is 22.3 Å². The largest absolute Gasteiger partial charge is 0.338 e. The Morgan fingerprint density at radius 3 is 2.61 bits per heavy atom. The second-order valence-corrected chi connectivity index (χ2v) is 6.29. The maximum Gasteiger partial charge on any atom is 0.276 e. The molecule has 0 unspecified atom stereocenters. The first kappa shape index (κ1) is 16.2. The number of para-hydroxylation sites is 1. The molecule has 0 N–H and O–H groups in total. The highest BCUT2D eigenvalue weighted by molar-refractivity contribution is 5.92. The fourth-order valence-corrected chi connectivity index (χ4v) is 2.92. The molecule has 1 aliphatic rings. The van der Waals surface area contributed by atoms with Gasteiger partial charge in [-0.3, -0.25) is 4.79 Å². The molecule has 1 aromatic carbocycles. The topological polar surface area (TPSA) is 116 Å². The quantitative estimate of drug-likeness (QED) is 0.525. The fraction of sp³-hybridized carbons (Fsp3) is 0.167. The average Bonchev–Trinajstić information content (AvgIpc) is 3.38. The third kappa shape index (κ3) is 2.90. The normalized spacial score (nSPS) is 14.1. The maximum atomic E-state index is 12.6. The number of likely N-dealkylation sites (tertiary alicyclic amines) is 1. The van der Waals surface area contributed by atoms with Crippen LogP contribution in [-0.4, -0.2) is 59.0 Å². The van der Waals surface area contributed by atoms with Crippen molar-refractivity contribution in [3.8, 4) is 17.3 Å². The summed E-state index contributed by atoms with van der Waals surface area (Å²) in [6.45, 7) is 0.961. The Morgan fingerprint density at radius 1 is 1.04 bits per heavy atom. The molecule has 0 bridgehead atoms. The molecule has 10 nitrogen and oxygen atoms in total. The summed E-state index contributed by atoms with van der Waals surface area (Å²) in [5.41, 5.74) is 1.09. The molecule has 3 aromatic heterocycles. The van der Waals surface area contributed by atoms with Crippen molar-refractivity contribution >= 4 is 5.91 Å². The van der Waals surface area contributed by atoms with Gasteiger partial charge in [0.1, 0.15) is 0 Å². The van der Waals surface area contributed by atoms with Crippen molar-refractivity contribution in [2.75, 3.05) is 13.1 Å². The van der Waals surface area contributed by atoms with Crippen LogP contribution in [0.25, 0.3) is 17.3 Å². The summed E-state index contributed by atoms with van der Waals surface area (Å²) in [5, 5.41) is 12.4. The Hall–Kier alpha value is -3.95. The molecule has 10 heteroatoms. The molecule has 4 heterocycles. The molecule has 138 valence electrons. The lowest BCUT2D eigenvalue weighted by Crippen LogP contribution is -2.48. The zero-order valence-corrected chi connectivity index (χ0v) is 14.6. The predicted molar refractivity (Wildman–Crippen MR) is 95.3 cm³/mol. The zero-order chi connectivity index (χ0) is 18.9. The predicted octanol–water partition coefficient (Wildman–Crippen LogP) is 1.35. The smallest absolute Gasteiger partial charge is 0.276 e. The van der Waals surface area contributed by atoms with Crippen LogP contribution < -0.4 is 0 Å². The molecule has 0 aliphatic carbocycles. The lowest BCUT2D eigenvalue weighted by Gasteiger charge is -2.36. The van der Waals surface area contributed by atoms with E-state index >= 15 is 0 Å². The summed E-state index contributed by atoms with van der Waals surface area (Å²) in [4.78, 5) is 28.2. The molecular weight excluding hydrogens is 360 g/mol. The van der Waals surface area contributed by atoms with Crippen molar-refractivity contribution in [2.45, 2.75) is 5.92 Å². The Morgan fingerprint density at radius 2 is 1.82 bits per heavy atom. The molecule has 4 aromatic rings. The third-order valence-electron chi connectivity index (χ3n) is 4.42. The van der Waals surface area contributed by atoms with Crippen LogP contribution in [0.2, 0.25) is 0 Å². The van der Waals surface area contributed by atoms with Gasteiger partial charge < -0.3 is 9.42 Å². The van der Waals surface area contributed by atoms with Gasteiger partial charge in [0.15, 0.2) is 5.69 Å². The second kappa shape index (κ2) is 6.65. The molecule has 1 aliphatic heterocycles. The molecule has 0 radical (unpaired) electrons. The summed E-state index contributed by atoms with van der Waals surface area (Å²) in [7, 11) is 0. The number of aromatic nitrogens is 7. The minimum absolute atomic E-state index is 0.0157. The monoisotopic (exact) mass is 374 g/mol. The van der Waals surface area contributed by atoms with E-state index in [1.54, 1.807) is 23.4 Å². The van der Waals surface area contributed by atoms with Crippen molar-refractivity contribution in [1.82, 2.24) is 40.0 Å². The SMILES string of the molecule is O=C(c1cnn(-c2ccccc2)n1)N1CC(c2nc(-c3ncccn3)no2)C1. The second-order valence-electron chi connectivity index (χ2n) is 6.29. The van der Waals surface area contributed by atoms with E-state index in [1.165, 1.54) is 11.0 Å². The zero-order valence-electron chi connectivity index (χ0n) is 14.6. The molecule has 0 saturated carbocycles. The van der Waals surface area contributed by atoms with E-state index in [0.717, 1.165) is 5.69 Å². The summed E-state index contributed by atoms with van der Waals surface area (Å²) < 4.78 is 5.31. The van der Waals surface area contributed by atoms with Crippen LogP contribution in [0.5, 0.6) is 0 Å². The number of amides is 1. The number of rotatable bonds is 4. The van der Waals surface area contributed by atoms with Crippen LogP contribution >= 0.6 is 0 Å². The van der Waals surface area contributed by atoms with E-state index in [4.69, 9.17) is 4.52 Å². The van der Waals surface area contributed by atoms with Gasteiger partial charge in [0.2, 0.25) is 17.5 Å². The van der Waals surface area contributed by atoms with Gasteiger partial charge in [0.05, 0.1) is 17.8 Å². The summed E-state index contributed by atoms with van der Waals surface area (Å²) in [5.74, 6) is 1.02. The minimum Gasteiger partial charge on any atom is -0.338 e. The van der Waals surface area contributed by atoms with E-state index < -0.39 is 0 Å². The fourth-order valence-electron chi connectivity index (χ4n) is 2.92.